The van der Waals surface area contributed by atoms with E-state index in [0.29, 0.717) is 23.6 Å². The molecular weight excluding hydrogens is 302 g/mol. The van der Waals surface area contributed by atoms with E-state index < -0.39 is 0 Å². The molecule has 0 saturated heterocycles. The molecule has 0 bridgehead atoms. The molecule has 0 fully saturated rings. The van der Waals surface area contributed by atoms with Crippen molar-refractivity contribution in [2.24, 2.45) is 0 Å². The molecule has 6 heteroatoms. The fraction of sp³-hybridized carbons (Fsp3) is 0.222. The van der Waals surface area contributed by atoms with Crippen molar-refractivity contribution in [3.05, 3.63) is 47.2 Å². The third-order valence-electron chi connectivity index (χ3n) is 3.92. The number of carbonyl (C=O) groups excluding carboxylic acids is 1. The number of aryl methyl sites for hydroxylation is 2. The van der Waals surface area contributed by atoms with E-state index in [1.165, 1.54) is 10.9 Å². The van der Waals surface area contributed by atoms with Gasteiger partial charge in [0, 0.05) is 11.8 Å². The third-order valence-corrected chi connectivity index (χ3v) is 3.92. The third kappa shape index (κ3) is 2.61. The van der Waals surface area contributed by atoms with Crippen molar-refractivity contribution in [1.82, 2.24) is 14.8 Å². The van der Waals surface area contributed by atoms with E-state index in [2.05, 4.69) is 21.5 Å². The molecule has 1 N–H and O–H groups in total. The molecule has 0 aliphatic rings. The molecule has 2 heterocycles. The van der Waals surface area contributed by atoms with Crippen LogP contribution in [0.25, 0.3) is 16.7 Å². The lowest BCUT2D eigenvalue weighted by molar-refractivity contribution is -0.115. The summed E-state index contributed by atoms with van der Waals surface area (Å²) >= 11 is 0. The summed E-state index contributed by atoms with van der Waals surface area (Å²) in [5.74, 6) is 0.744. The number of fused-ring (bicyclic) bond motifs is 1. The standard InChI is InChI=1S/C18H17N5O/c1-4-16(24)22-18-13(9-19)10-20-23(18)15-8-12(3)14-7-5-6-11(2)17(14)21-15/h5-8,10H,4H2,1-3H3,(H,22,24). The Morgan fingerprint density at radius 3 is 2.83 bits per heavy atom. The van der Waals surface area contributed by atoms with Gasteiger partial charge in [0.2, 0.25) is 5.91 Å². The lowest BCUT2D eigenvalue weighted by atomic mass is 10.1. The fourth-order valence-corrected chi connectivity index (χ4v) is 2.60. The van der Waals surface area contributed by atoms with Crippen molar-refractivity contribution in [2.75, 3.05) is 5.32 Å². The first-order chi connectivity index (χ1) is 11.5. The Morgan fingerprint density at radius 1 is 1.33 bits per heavy atom. The molecule has 6 nitrogen and oxygen atoms in total. The number of anilines is 1. The minimum Gasteiger partial charge on any atom is -0.309 e. The Kier molecular flexibility index (Phi) is 4.00. The average molecular weight is 319 g/mol. The highest BCUT2D eigenvalue weighted by molar-refractivity contribution is 5.91. The zero-order chi connectivity index (χ0) is 17.3. The SMILES string of the molecule is CCC(=O)Nc1c(C#N)cnn1-c1cc(C)c2cccc(C)c2n1. The topological polar surface area (TPSA) is 83.6 Å². The lowest BCUT2D eigenvalue weighted by Crippen LogP contribution is -2.15. The summed E-state index contributed by atoms with van der Waals surface area (Å²) in [6.45, 7) is 5.76. The maximum atomic E-state index is 11.8. The number of benzene rings is 1. The molecule has 120 valence electrons. The van der Waals surface area contributed by atoms with Gasteiger partial charge in [-0.3, -0.25) is 4.79 Å². The van der Waals surface area contributed by atoms with Gasteiger partial charge in [-0.15, -0.1) is 0 Å². The highest BCUT2D eigenvalue weighted by atomic mass is 16.1. The summed E-state index contributed by atoms with van der Waals surface area (Å²) in [4.78, 5) is 16.5. The minimum absolute atomic E-state index is 0.179. The molecule has 1 aromatic carbocycles. The van der Waals surface area contributed by atoms with Crippen LogP contribution in [0.3, 0.4) is 0 Å². The van der Waals surface area contributed by atoms with Gasteiger partial charge in [0.05, 0.1) is 11.7 Å². The van der Waals surface area contributed by atoms with Crippen molar-refractivity contribution >= 4 is 22.6 Å². The van der Waals surface area contributed by atoms with Crippen LogP contribution in [0.4, 0.5) is 5.82 Å². The number of para-hydroxylation sites is 1. The van der Waals surface area contributed by atoms with E-state index in [4.69, 9.17) is 0 Å². The summed E-state index contributed by atoms with van der Waals surface area (Å²) < 4.78 is 1.50. The predicted octanol–water partition coefficient (Wildman–Crippen LogP) is 3.26. The van der Waals surface area contributed by atoms with E-state index in [-0.39, 0.29) is 5.91 Å². The van der Waals surface area contributed by atoms with Crippen LogP contribution >= 0.6 is 0 Å². The zero-order valence-corrected chi connectivity index (χ0v) is 13.8. The Balaban J connectivity index is 2.21. The van der Waals surface area contributed by atoms with Crippen LogP contribution in [0.1, 0.15) is 30.0 Å². The molecule has 24 heavy (non-hydrogen) atoms. The van der Waals surface area contributed by atoms with Gasteiger partial charge in [-0.1, -0.05) is 25.1 Å². The van der Waals surface area contributed by atoms with Crippen LogP contribution in [0, 0.1) is 25.2 Å². The number of pyridine rings is 1. The molecule has 0 radical (unpaired) electrons. The number of nitrogens with zero attached hydrogens (tertiary/aromatic N) is 4. The molecule has 2 aromatic heterocycles. The number of hydrogen-bond acceptors (Lipinski definition) is 4. The fourth-order valence-electron chi connectivity index (χ4n) is 2.60. The highest BCUT2D eigenvalue weighted by Gasteiger charge is 2.16. The summed E-state index contributed by atoms with van der Waals surface area (Å²) in [5, 5.41) is 17.3. The average Bonchev–Trinajstić information content (AvgIpc) is 2.98. The molecule has 0 aliphatic heterocycles. The van der Waals surface area contributed by atoms with Crippen LogP contribution in [0.2, 0.25) is 0 Å². The van der Waals surface area contributed by atoms with Crippen LogP contribution in [0.15, 0.2) is 30.5 Å². The monoisotopic (exact) mass is 319 g/mol. The molecule has 0 atom stereocenters. The molecule has 0 spiro atoms. The summed E-state index contributed by atoms with van der Waals surface area (Å²) in [6, 6.07) is 9.98. The zero-order valence-electron chi connectivity index (χ0n) is 13.8. The number of aromatic nitrogens is 3. The van der Waals surface area contributed by atoms with Crippen molar-refractivity contribution in [3.8, 4) is 11.9 Å². The largest absolute Gasteiger partial charge is 0.309 e. The predicted molar refractivity (Wildman–Crippen MR) is 92.0 cm³/mol. The van der Waals surface area contributed by atoms with Gasteiger partial charge in [0.15, 0.2) is 11.6 Å². The van der Waals surface area contributed by atoms with E-state index in [1.807, 2.05) is 38.1 Å². The molecule has 0 aliphatic carbocycles. The smallest absolute Gasteiger partial charge is 0.225 e. The van der Waals surface area contributed by atoms with Crippen LogP contribution in [-0.4, -0.2) is 20.7 Å². The quantitative estimate of drug-likeness (QED) is 0.803. The van der Waals surface area contributed by atoms with Crippen molar-refractivity contribution in [1.29, 1.82) is 5.26 Å². The van der Waals surface area contributed by atoms with E-state index in [0.717, 1.165) is 22.0 Å². The van der Waals surface area contributed by atoms with Crippen LogP contribution < -0.4 is 5.32 Å². The van der Waals surface area contributed by atoms with E-state index in [1.54, 1.807) is 6.92 Å². The van der Waals surface area contributed by atoms with Crippen LogP contribution in [0.5, 0.6) is 0 Å². The number of nitrogens with one attached hydrogen (secondary N) is 1. The van der Waals surface area contributed by atoms with Gasteiger partial charge in [-0.05, 0) is 31.0 Å². The maximum Gasteiger partial charge on any atom is 0.225 e. The van der Waals surface area contributed by atoms with Crippen molar-refractivity contribution < 1.29 is 4.79 Å². The molecule has 3 rings (SSSR count). The molecule has 3 aromatic rings. The van der Waals surface area contributed by atoms with Gasteiger partial charge in [0.25, 0.3) is 0 Å². The van der Waals surface area contributed by atoms with Crippen molar-refractivity contribution in [3.63, 3.8) is 0 Å². The number of carbonyl (C=O) groups is 1. The first-order valence-electron chi connectivity index (χ1n) is 7.70. The second kappa shape index (κ2) is 6.13. The Hall–Kier alpha value is -3.20. The van der Waals surface area contributed by atoms with Gasteiger partial charge < -0.3 is 5.32 Å². The number of nitriles is 1. The Morgan fingerprint density at radius 2 is 2.12 bits per heavy atom. The van der Waals surface area contributed by atoms with Gasteiger partial charge in [0.1, 0.15) is 11.6 Å². The summed E-state index contributed by atoms with van der Waals surface area (Å²) in [5.41, 5.74) is 3.31. The van der Waals surface area contributed by atoms with Crippen LogP contribution in [-0.2, 0) is 4.79 Å². The first-order valence-corrected chi connectivity index (χ1v) is 7.70. The molecule has 0 unspecified atom stereocenters. The normalized spacial score (nSPS) is 10.6. The lowest BCUT2D eigenvalue weighted by Gasteiger charge is -2.11. The number of hydrogen-bond donors (Lipinski definition) is 1. The number of amides is 1. The minimum atomic E-state index is -0.179. The summed E-state index contributed by atoms with van der Waals surface area (Å²) in [7, 11) is 0. The maximum absolute atomic E-state index is 11.8. The second-order valence-corrected chi connectivity index (χ2v) is 5.60. The Labute approximate surface area is 139 Å². The van der Waals surface area contributed by atoms with Gasteiger partial charge in [-0.25, -0.2) is 4.98 Å². The molecular formula is C18H17N5O. The first kappa shape index (κ1) is 15.7. The van der Waals surface area contributed by atoms with E-state index >= 15 is 0 Å². The van der Waals surface area contributed by atoms with Gasteiger partial charge >= 0.3 is 0 Å². The van der Waals surface area contributed by atoms with Gasteiger partial charge in [-0.2, -0.15) is 15.0 Å². The van der Waals surface area contributed by atoms with E-state index in [9.17, 15) is 10.1 Å². The Bertz CT molecular complexity index is 981. The van der Waals surface area contributed by atoms with Crippen molar-refractivity contribution in [2.45, 2.75) is 27.2 Å². The molecule has 0 saturated carbocycles. The second-order valence-electron chi connectivity index (χ2n) is 5.60. The summed E-state index contributed by atoms with van der Waals surface area (Å²) in [6.07, 6.45) is 1.75. The highest BCUT2D eigenvalue weighted by Crippen LogP contribution is 2.25. The number of rotatable bonds is 3. The molecule has 1 amide bonds.